The molecule has 5 nitrogen and oxygen atoms in total. The summed E-state index contributed by atoms with van der Waals surface area (Å²) in [5, 5.41) is 3.08. The van der Waals surface area contributed by atoms with Gasteiger partial charge in [0, 0.05) is 32.5 Å². The van der Waals surface area contributed by atoms with Gasteiger partial charge in [0.1, 0.15) is 17.7 Å². The minimum atomic E-state index is -0.426. The normalized spacial score (nSPS) is 15.1. The number of aryl methyl sites for hydroxylation is 1. The van der Waals surface area contributed by atoms with Crippen LogP contribution in [0.5, 0.6) is 0 Å². The molecule has 1 N–H and O–H groups in total. The number of hydrogen-bond donors (Lipinski definition) is 1. The van der Waals surface area contributed by atoms with Gasteiger partial charge in [-0.05, 0) is 35.2 Å². The van der Waals surface area contributed by atoms with Crippen molar-refractivity contribution in [1.82, 2.24) is 19.8 Å². The van der Waals surface area contributed by atoms with Crippen molar-refractivity contribution < 1.29 is 9.18 Å². The first-order valence-electron chi connectivity index (χ1n) is 9.41. The average Bonchev–Trinajstić information content (AvgIpc) is 3.12. The molecule has 3 aromatic rings. The van der Waals surface area contributed by atoms with Gasteiger partial charge in [0.25, 0.3) is 0 Å². The standard InChI is InChI=1S/C22H23FN4O/c1-26-13-11-24-22(26)21(17-6-8-19(23)9-7-17)25-20(28)15-27-12-10-16-4-2-3-5-18(16)14-27/h2-9,11,13,21H,10,12,14-15H2,1H3,(H,25,28)/t21-/m0/s1. The molecule has 1 aliphatic heterocycles. The van der Waals surface area contributed by atoms with E-state index in [2.05, 4.69) is 33.4 Å². The predicted molar refractivity (Wildman–Crippen MR) is 105 cm³/mol. The summed E-state index contributed by atoms with van der Waals surface area (Å²) in [4.78, 5) is 19.4. The van der Waals surface area contributed by atoms with E-state index in [9.17, 15) is 9.18 Å². The molecule has 144 valence electrons. The molecule has 0 spiro atoms. The lowest BCUT2D eigenvalue weighted by Gasteiger charge is -2.29. The summed E-state index contributed by atoms with van der Waals surface area (Å²) < 4.78 is 15.2. The van der Waals surface area contributed by atoms with Crippen molar-refractivity contribution in [1.29, 1.82) is 0 Å². The highest BCUT2D eigenvalue weighted by molar-refractivity contribution is 5.79. The second-order valence-electron chi connectivity index (χ2n) is 7.18. The second kappa shape index (κ2) is 7.94. The molecule has 0 unspecified atom stereocenters. The van der Waals surface area contributed by atoms with Crippen LogP contribution in [-0.4, -0.2) is 33.4 Å². The van der Waals surface area contributed by atoms with Crippen LogP contribution in [0.15, 0.2) is 60.9 Å². The Kier molecular flexibility index (Phi) is 5.21. The zero-order valence-electron chi connectivity index (χ0n) is 15.8. The number of halogens is 1. The van der Waals surface area contributed by atoms with Crippen molar-refractivity contribution in [3.63, 3.8) is 0 Å². The van der Waals surface area contributed by atoms with Gasteiger partial charge in [-0.1, -0.05) is 36.4 Å². The smallest absolute Gasteiger partial charge is 0.235 e. The van der Waals surface area contributed by atoms with Crippen LogP contribution in [-0.2, 0) is 24.8 Å². The van der Waals surface area contributed by atoms with Crippen molar-refractivity contribution in [2.45, 2.75) is 19.0 Å². The van der Waals surface area contributed by atoms with Crippen LogP contribution in [0, 0.1) is 5.82 Å². The third kappa shape index (κ3) is 3.97. The number of amides is 1. The number of carbonyl (C=O) groups is 1. The molecule has 0 bridgehead atoms. The zero-order valence-corrected chi connectivity index (χ0v) is 15.8. The number of aromatic nitrogens is 2. The van der Waals surface area contributed by atoms with Crippen LogP contribution in [0.1, 0.15) is 28.6 Å². The zero-order chi connectivity index (χ0) is 19.5. The monoisotopic (exact) mass is 378 g/mol. The van der Waals surface area contributed by atoms with Crippen LogP contribution in [0.2, 0.25) is 0 Å². The summed E-state index contributed by atoms with van der Waals surface area (Å²) >= 11 is 0. The lowest BCUT2D eigenvalue weighted by molar-refractivity contribution is -0.123. The SMILES string of the molecule is Cn1ccnc1[C@@H](NC(=O)CN1CCc2ccccc2C1)c1ccc(F)cc1. The lowest BCUT2D eigenvalue weighted by Crippen LogP contribution is -2.41. The third-order valence-corrected chi connectivity index (χ3v) is 5.20. The highest BCUT2D eigenvalue weighted by atomic mass is 19.1. The fraction of sp³-hybridized carbons (Fsp3) is 0.273. The fourth-order valence-corrected chi connectivity index (χ4v) is 3.71. The molecule has 4 rings (SSSR count). The Morgan fingerprint density at radius 3 is 2.64 bits per heavy atom. The first-order chi connectivity index (χ1) is 13.6. The predicted octanol–water partition coefficient (Wildman–Crippen LogP) is 2.82. The summed E-state index contributed by atoms with van der Waals surface area (Å²) in [7, 11) is 1.88. The van der Waals surface area contributed by atoms with Crippen LogP contribution in [0.25, 0.3) is 0 Å². The molecule has 6 heteroatoms. The highest BCUT2D eigenvalue weighted by Gasteiger charge is 2.23. The van der Waals surface area contributed by atoms with Crippen molar-refractivity contribution in [2.75, 3.05) is 13.1 Å². The van der Waals surface area contributed by atoms with E-state index in [1.54, 1.807) is 18.3 Å². The Morgan fingerprint density at radius 2 is 1.93 bits per heavy atom. The van der Waals surface area contributed by atoms with Gasteiger partial charge in [-0.3, -0.25) is 9.69 Å². The molecule has 0 radical (unpaired) electrons. The molecular formula is C22H23FN4O. The van der Waals surface area contributed by atoms with E-state index in [-0.39, 0.29) is 11.7 Å². The van der Waals surface area contributed by atoms with Crippen LogP contribution in [0.3, 0.4) is 0 Å². The molecule has 1 aliphatic rings. The Balaban J connectivity index is 1.48. The molecule has 0 aliphatic carbocycles. The lowest BCUT2D eigenvalue weighted by atomic mass is 10.00. The molecular weight excluding hydrogens is 355 g/mol. The topological polar surface area (TPSA) is 50.2 Å². The van der Waals surface area contributed by atoms with Crippen molar-refractivity contribution in [3.05, 3.63) is 89.3 Å². The molecule has 2 aromatic carbocycles. The Hall–Kier alpha value is -2.99. The Bertz CT molecular complexity index is 967. The highest BCUT2D eigenvalue weighted by Crippen LogP contribution is 2.22. The van der Waals surface area contributed by atoms with Crippen molar-refractivity contribution in [3.8, 4) is 0 Å². The molecule has 1 amide bonds. The molecule has 0 saturated carbocycles. The first-order valence-corrected chi connectivity index (χ1v) is 9.41. The molecule has 0 fully saturated rings. The number of nitrogens with zero attached hydrogens (tertiary/aromatic N) is 3. The minimum Gasteiger partial charge on any atom is -0.341 e. The number of carbonyl (C=O) groups excluding carboxylic acids is 1. The minimum absolute atomic E-state index is 0.0725. The van der Waals surface area contributed by atoms with E-state index < -0.39 is 6.04 Å². The van der Waals surface area contributed by atoms with Crippen LogP contribution in [0.4, 0.5) is 4.39 Å². The Labute approximate surface area is 163 Å². The van der Waals surface area contributed by atoms with E-state index in [4.69, 9.17) is 0 Å². The summed E-state index contributed by atoms with van der Waals surface area (Å²) in [6.45, 7) is 1.94. The van der Waals surface area contributed by atoms with Crippen LogP contribution >= 0.6 is 0 Å². The number of fused-ring (bicyclic) bond motifs is 1. The van der Waals surface area contributed by atoms with E-state index in [1.807, 2.05) is 23.9 Å². The summed E-state index contributed by atoms with van der Waals surface area (Å²) in [5.41, 5.74) is 3.44. The number of rotatable bonds is 5. The van der Waals surface area contributed by atoms with E-state index >= 15 is 0 Å². The maximum absolute atomic E-state index is 13.3. The number of hydrogen-bond acceptors (Lipinski definition) is 3. The van der Waals surface area contributed by atoms with Gasteiger partial charge in [0.2, 0.25) is 5.91 Å². The second-order valence-corrected chi connectivity index (χ2v) is 7.18. The maximum Gasteiger partial charge on any atom is 0.235 e. The largest absolute Gasteiger partial charge is 0.341 e. The van der Waals surface area contributed by atoms with Gasteiger partial charge in [-0.15, -0.1) is 0 Å². The van der Waals surface area contributed by atoms with E-state index in [0.29, 0.717) is 12.4 Å². The third-order valence-electron chi connectivity index (χ3n) is 5.20. The molecule has 0 saturated heterocycles. The summed E-state index contributed by atoms with van der Waals surface area (Å²) in [6, 6.07) is 14.1. The average molecular weight is 378 g/mol. The Morgan fingerprint density at radius 1 is 1.18 bits per heavy atom. The molecule has 2 heterocycles. The molecule has 28 heavy (non-hydrogen) atoms. The first kappa shape index (κ1) is 18.4. The number of imidazole rings is 1. The van der Waals surface area contributed by atoms with Crippen molar-refractivity contribution in [2.24, 2.45) is 7.05 Å². The molecule has 1 atom stereocenters. The summed E-state index contributed by atoms with van der Waals surface area (Å²) in [5.74, 6) is 0.335. The van der Waals surface area contributed by atoms with E-state index in [0.717, 1.165) is 25.1 Å². The summed E-state index contributed by atoms with van der Waals surface area (Å²) in [6.07, 6.45) is 4.48. The number of nitrogens with one attached hydrogen (secondary N) is 1. The van der Waals surface area contributed by atoms with E-state index in [1.165, 1.54) is 23.3 Å². The van der Waals surface area contributed by atoms with Crippen molar-refractivity contribution >= 4 is 5.91 Å². The van der Waals surface area contributed by atoms with Gasteiger partial charge in [0.05, 0.1) is 6.54 Å². The molecule has 1 aromatic heterocycles. The quantitative estimate of drug-likeness (QED) is 0.743. The number of benzene rings is 2. The maximum atomic E-state index is 13.3. The van der Waals surface area contributed by atoms with Gasteiger partial charge in [-0.2, -0.15) is 0 Å². The van der Waals surface area contributed by atoms with Crippen LogP contribution < -0.4 is 5.32 Å². The van der Waals surface area contributed by atoms with Gasteiger partial charge < -0.3 is 9.88 Å². The van der Waals surface area contributed by atoms with Gasteiger partial charge >= 0.3 is 0 Å². The fourth-order valence-electron chi connectivity index (χ4n) is 3.71. The van der Waals surface area contributed by atoms with Gasteiger partial charge in [0.15, 0.2) is 0 Å². The van der Waals surface area contributed by atoms with Gasteiger partial charge in [-0.25, -0.2) is 9.37 Å².